The minimum absolute atomic E-state index is 0.121. The van der Waals surface area contributed by atoms with E-state index in [1.54, 1.807) is 7.11 Å². The molecule has 6 nitrogen and oxygen atoms in total. The number of terminal acetylenes is 1. The number of fused-ring (bicyclic) bond motifs is 1. The van der Waals surface area contributed by atoms with Crippen molar-refractivity contribution in [1.82, 2.24) is 9.47 Å². The highest BCUT2D eigenvalue weighted by molar-refractivity contribution is 8.00. The van der Waals surface area contributed by atoms with E-state index in [4.69, 9.17) is 11.2 Å². The Labute approximate surface area is 185 Å². The molecule has 2 aromatic rings. The number of piperidine rings is 1. The van der Waals surface area contributed by atoms with Crippen LogP contribution in [0.5, 0.6) is 5.75 Å². The lowest BCUT2D eigenvalue weighted by Crippen LogP contribution is -2.44. The van der Waals surface area contributed by atoms with E-state index in [9.17, 15) is 9.59 Å². The molecule has 1 aromatic heterocycles. The fourth-order valence-electron chi connectivity index (χ4n) is 3.71. The molecule has 30 heavy (non-hydrogen) atoms. The van der Waals surface area contributed by atoms with Crippen molar-refractivity contribution in [3.8, 4) is 18.1 Å². The van der Waals surface area contributed by atoms with Gasteiger partial charge in [-0.1, -0.05) is 24.2 Å². The number of thioether (sulfide) groups is 1. The molecular formula is C22H27N3O3S2. The number of carbonyl (C=O) groups excluding carboxylic acids is 2. The number of aromatic nitrogens is 1. The van der Waals surface area contributed by atoms with Crippen LogP contribution in [-0.2, 0) is 16.1 Å². The molecule has 1 atom stereocenters. The second-order valence-electron chi connectivity index (χ2n) is 7.15. The number of carbonyl (C=O) groups is 2. The third-order valence-electron chi connectivity index (χ3n) is 5.23. The van der Waals surface area contributed by atoms with Gasteiger partial charge in [0.1, 0.15) is 5.75 Å². The van der Waals surface area contributed by atoms with Gasteiger partial charge < -0.3 is 14.2 Å². The second-order valence-corrected chi connectivity index (χ2v) is 9.15. The van der Waals surface area contributed by atoms with E-state index >= 15 is 0 Å². The summed E-state index contributed by atoms with van der Waals surface area (Å²) in [6.07, 6.45) is 9.82. The van der Waals surface area contributed by atoms with Gasteiger partial charge in [-0.3, -0.25) is 9.59 Å². The predicted molar refractivity (Wildman–Crippen MR) is 123 cm³/mol. The monoisotopic (exact) mass is 445 g/mol. The van der Waals surface area contributed by atoms with Gasteiger partial charge in [0.25, 0.3) is 5.91 Å². The van der Waals surface area contributed by atoms with Crippen LogP contribution in [-0.4, -0.2) is 52.5 Å². The van der Waals surface area contributed by atoms with E-state index in [0.29, 0.717) is 23.1 Å². The molecule has 8 heteroatoms. The fraction of sp³-hybridized carbons (Fsp3) is 0.500. The maximum absolute atomic E-state index is 12.6. The highest BCUT2D eigenvalue weighted by Gasteiger charge is 2.25. The molecule has 0 bridgehead atoms. The topological polar surface area (TPSA) is 63.9 Å². The lowest BCUT2D eigenvalue weighted by atomic mass is 10.0. The molecule has 2 amide bonds. The highest BCUT2D eigenvalue weighted by Crippen LogP contribution is 2.23. The molecule has 0 radical (unpaired) electrons. The molecule has 3 rings (SSSR count). The summed E-state index contributed by atoms with van der Waals surface area (Å²) in [5, 5.41) is 0. The van der Waals surface area contributed by atoms with Gasteiger partial charge in [0, 0.05) is 12.6 Å². The van der Waals surface area contributed by atoms with Gasteiger partial charge in [-0.05, 0) is 43.9 Å². The number of methoxy groups -OCH3 is 1. The summed E-state index contributed by atoms with van der Waals surface area (Å²) in [6.45, 7) is 3.28. The van der Waals surface area contributed by atoms with Crippen molar-refractivity contribution < 1.29 is 14.3 Å². The molecule has 1 fully saturated rings. The first-order chi connectivity index (χ1) is 14.6. The first-order valence-corrected chi connectivity index (χ1v) is 12.1. The summed E-state index contributed by atoms with van der Waals surface area (Å²) < 4.78 is 8.08. The van der Waals surface area contributed by atoms with Crippen LogP contribution in [0.2, 0.25) is 0 Å². The number of ether oxygens (including phenoxy) is 1. The largest absolute Gasteiger partial charge is 0.497 e. The van der Waals surface area contributed by atoms with E-state index in [0.717, 1.165) is 41.8 Å². The van der Waals surface area contributed by atoms with Crippen LogP contribution in [0, 0.1) is 12.3 Å². The summed E-state index contributed by atoms with van der Waals surface area (Å²) >= 11 is 2.73. The number of rotatable bonds is 7. The first-order valence-electron chi connectivity index (χ1n) is 10.1. The van der Waals surface area contributed by atoms with Crippen molar-refractivity contribution in [2.45, 2.75) is 45.2 Å². The summed E-state index contributed by atoms with van der Waals surface area (Å²) in [4.78, 5) is 31.8. The lowest BCUT2D eigenvalue weighted by molar-refractivity contribution is -0.132. The number of hydrogen-bond donors (Lipinski definition) is 0. The van der Waals surface area contributed by atoms with Crippen LogP contribution < -0.4 is 9.54 Å². The third kappa shape index (κ3) is 5.27. The molecule has 1 aliphatic rings. The molecule has 1 unspecified atom stereocenters. The number of amides is 2. The Hall–Kier alpha value is -2.24. The Morgan fingerprint density at radius 3 is 2.93 bits per heavy atom. The Balaban J connectivity index is 1.67. The lowest BCUT2D eigenvalue weighted by Gasteiger charge is -2.35. The molecule has 0 aliphatic carbocycles. The minimum Gasteiger partial charge on any atom is -0.497 e. The number of benzene rings is 1. The van der Waals surface area contributed by atoms with Crippen molar-refractivity contribution in [2.75, 3.05) is 25.2 Å². The summed E-state index contributed by atoms with van der Waals surface area (Å²) in [7, 11) is 1.62. The molecule has 160 valence electrons. The van der Waals surface area contributed by atoms with Gasteiger partial charge in [-0.2, -0.15) is 4.99 Å². The van der Waals surface area contributed by atoms with Crippen molar-refractivity contribution in [3.05, 3.63) is 23.0 Å². The van der Waals surface area contributed by atoms with Crippen molar-refractivity contribution in [2.24, 2.45) is 4.99 Å². The zero-order chi connectivity index (χ0) is 21.5. The number of thiazole rings is 1. The number of nitrogens with zero attached hydrogens (tertiary/aromatic N) is 3. The zero-order valence-corrected chi connectivity index (χ0v) is 19.1. The van der Waals surface area contributed by atoms with E-state index in [-0.39, 0.29) is 17.6 Å². The van der Waals surface area contributed by atoms with Crippen molar-refractivity contribution in [1.29, 1.82) is 0 Å². The SMILES string of the molecule is C#CCn1c(=NC(=O)CSCC(=O)N2CCCCC2CC)sc2cc(OC)ccc21. The Morgan fingerprint density at radius 1 is 1.37 bits per heavy atom. The van der Waals surface area contributed by atoms with Crippen molar-refractivity contribution in [3.63, 3.8) is 0 Å². The second kappa shape index (κ2) is 10.7. The van der Waals surface area contributed by atoms with Gasteiger partial charge in [-0.15, -0.1) is 18.2 Å². The Kier molecular flexibility index (Phi) is 8.00. The first kappa shape index (κ1) is 22.4. The van der Waals surface area contributed by atoms with Crippen LogP contribution in [0.25, 0.3) is 10.2 Å². The van der Waals surface area contributed by atoms with E-state index in [1.807, 2.05) is 27.7 Å². The standard InChI is InChI=1S/C22H27N3O3S2/c1-4-11-25-18-10-9-17(28-3)13-19(18)30-22(25)23-20(26)14-29-15-21(27)24-12-7-6-8-16(24)5-2/h1,9-10,13,16H,5-8,11-12,14-15H2,2-3H3. The van der Waals surface area contributed by atoms with E-state index in [2.05, 4.69) is 17.8 Å². The summed E-state index contributed by atoms with van der Waals surface area (Å²) in [5.41, 5.74) is 0.920. The molecule has 1 aromatic carbocycles. The number of hydrogen-bond acceptors (Lipinski definition) is 5. The van der Waals surface area contributed by atoms with Crippen LogP contribution in [0.3, 0.4) is 0 Å². The summed E-state index contributed by atoms with van der Waals surface area (Å²) in [6, 6.07) is 6.03. The minimum atomic E-state index is -0.261. The van der Waals surface area contributed by atoms with Crippen LogP contribution in [0.4, 0.5) is 0 Å². The predicted octanol–water partition coefficient (Wildman–Crippen LogP) is 3.30. The van der Waals surface area contributed by atoms with Gasteiger partial charge in [0.05, 0.1) is 35.4 Å². The van der Waals surface area contributed by atoms with Gasteiger partial charge >= 0.3 is 0 Å². The average Bonchev–Trinajstić information content (AvgIpc) is 3.09. The Bertz CT molecular complexity index is 1020. The molecule has 2 heterocycles. The maximum atomic E-state index is 12.6. The van der Waals surface area contributed by atoms with E-state index in [1.165, 1.54) is 29.5 Å². The third-order valence-corrected chi connectivity index (χ3v) is 7.17. The van der Waals surface area contributed by atoms with Gasteiger partial charge in [-0.25, -0.2) is 0 Å². The quantitative estimate of drug-likeness (QED) is 0.614. The molecule has 0 saturated carbocycles. The normalized spacial score (nSPS) is 17.2. The molecule has 1 aliphatic heterocycles. The van der Waals surface area contributed by atoms with Crippen molar-refractivity contribution >= 4 is 45.1 Å². The fourth-order valence-corrected chi connectivity index (χ4v) is 5.47. The van der Waals surface area contributed by atoms with Crippen LogP contribution in [0.15, 0.2) is 23.2 Å². The van der Waals surface area contributed by atoms with Crippen LogP contribution in [0.1, 0.15) is 32.6 Å². The molecule has 0 N–H and O–H groups in total. The van der Waals surface area contributed by atoms with Gasteiger partial charge in [0.2, 0.25) is 5.91 Å². The smallest absolute Gasteiger partial charge is 0.258 e. The molecule has 0 spiro atoms. The molecule has 1 saturated heterocycles. The zero-order valence-electron chi connectivity index (χ0n) is 17.4. The van der Waals surface area contributed by atoms with Crippen LogP contribution >= 0.6 is 23.1 Å². The highest BCUT2D eigenvalue weighted by atomic mass is 32.2. The average molecular weight is 446 g/mol. The maximum Gasteiger partial charge on any atom is 0.258 e. The summed E-state index contributed by atoms with van der Waals surface area (Å²) in [5.74, 6) is 3.70. The van der Waals surface area contributed by atoms with E-state index < -0.39 is 0 Å². The molecular weight excluding hydrogens is 418 g/mol. The van der Waals surface area contributed by atoms with Gasteiger partial charge in [0.15, 0.2) is 4.80 Å². The number of likely N-dealkylation sites (tertiary alicyclic amines) is 1. The Morgan fingerprint density at radius 2 is 2.20 bits per heavy atom.